The molecule has 0 bridgehead atoms. The van der Waals surface area contributed by atoms with Crippen LogP contribution in [0.3, 0.4) is 0 Å². The largest absolute Gasteiger partial charge is 2.00 e. The van der Waals surface area contributed by atoms with Gasteiger partial charge >= 0.3 is 68.6 Å². The van der Waals surface area contributed by atoms with Crippen LogP contribution in [-0.4, -0.2) is 75.5 Å². The predicted octanol–water partition coefficient (Wildman–Crippen LogP) is -1.81. The Labute approximate surface area is 92.2 Å². The van der Waals surface area contributed by atoms with Gasteiger partial charge in [-0.3, -0.25) is 0 Å². The third-order valence-corrected chi connectivity index (χ3v) is 0. The zero-order chi connectivity index (χ0) is 4.50. The average molecular weight is 178 g/mol. The summed E-state index contributed by atoms with van der Waals surface area (Å²) in [6.07, 6.45) is 0. The van der Waals surface area contributed by atoms with Crippen molar-refractivity contribution in [3.8, 4) is 0 Å². The summed E-state index contributed by atoms with van der Waals surface area (Å²) in [5.74, 6) is 0. The summed E-state index contributed by atoms with van der Waals surface area (Å²) >= 11 is 0. The molecule has 0 aliphatic rings. The predicted molar refractivity (Wildman–Crippen MR) is 26.5 cm³/mol. The maximum absolute atomic E-state index is 8.88. The third kappa shape index (κ3) is 92.8. The first kappa shape index (κ1) is 22.5. The van der Waals surface area contributed by atoms with Gasteiger partial charge in [0.05, 0.1) is 0 Å². The van der Waals surface area contributed by atoms with Crippen molar-refractivity contribution in [2.45, 2.75) is 0 Å². The van der Waals surface area contributed by atoms with Crippen molar-refractivity contribution in [1.29, 1.82) is 0 Å². The van der Waals surface area contributed by atoms with Gasteiger partial charge < -0.3 is 20.2 Å². The maximum Gasteiger partial charge on any atom is 2.00 e. The molecule has 0 spiro atoms. The van der Waals surface area contributed by atoms with Gasteiger partial charge in [-0.2, -0.15) is 0 Å². The van der Waals surface area contributed by atoms with Crippen LogP contribution in [0.4, 0.5) is 0 Å². The van der Waals surface area contributed by atoms with Crippen LogP contribution in [0.1, 0.15) is 0 Å². The number of hydrogen-bond acceptors (Lipinski definition) is 1. The van der Waals surface area contributed by atoms with E-state index in [9.17, 15) is 0 Å². The SMILES string of the molecule is O=P(O)(O)O.[Ca+2].[Mg+2].[O-2]. The summed E-state index contributed by atoms with van der Waals surface area (Å²) in [7, 11) is -4.64. The molecule has 0 rings (SSSR count). The van der Waals surface area contributed by atoms with Crippen LogP contribution < -0.4 is 0 Å². The Morgan fingerprint density at radius 3 is 1.12 bits per heavy atom. The molecule has 0 heterocycles. The van der Waals surface area contributed by atoms with Gasteiger partial charge in [0.25, 0.3) is 0 Å². The molecule has 0 aromatic rings. The molecule has 5 nitrogen and oxygen atoms in total. The Balaban J connectivity index is -0.0000000267. The van der Waals surface area contributed by atoms with Gasteiger partial charge in [-0.15, -0.1) is 0 Å². The molecule has 0 amide bonds. The standard InChI is InChI=1S/Ca.Mg.H3O4P.O/c;;1-5(2,3)4;/h;;(H3,1,2,3,4);/q2*+2;;-2. The van der Waals surface area contributed by atoms with Crippen molar-refractivity contribution >= 4 is 68.6 Å². The number of hydrogen-bond donors (Lipinski definition) is 3. The Kier molecular flexibility index (Phi) is 25.6. The first-order valence-corrected chi connectivity index (χ1v) is 2.35. The first-order valence-electron chi connectivity index (χ1n) is 0.783. The van der Waals surface area contributed by atoms with Crippen molar-refractivity contribution in [3.05, 3.63) is 0 Å². The minimum atomic E-state index is -4.64. The molecule has 0 atom stereocenters. The number of rotatable bonds is 0. The topological polar surface area (TPSA) is 106 Å². The third-order valence-electron chi connectivity index (χ3n) is 0. The minimum Gasteiger partial charge on any atom is -2.00 e. The van der Waals surface area contributed by atoms with Gasteiger partial charge in [-0.1, -0.05) is 0 Å². The van der Waals surface area contributed by atoms with Crippen molar-refractivity contribution in [1.82, 2.24) is 0 Å². The molecule has 0 aromatic heterocycles. The van der Waals surface area contributed by atoms with E-state index >= 15 is 0 Å². The Morgan fingerprint density at radius 1 is 1.12 bits per heavy atom. The van der Waals surface area contributed by atoms with Crippen LogP contribution in [0.5, 0.6) is 0 Å². The van der Waals surface area contributed by atoms with E-state index in [1.165, 1.54) is 0 Å². The van der Waals surface area contributed by atoms with E-state index in [0.29, 0.717) is 0 Å². The monoisotopic (exact) mass is 178 g/mol. The van der Waals surface area contributed by atoms with Gasteiger partial charge in [0.1, 0.15) is 0 Å². The summed E-state index contributed by atoms with van der Waals surface area (Å²) in [5, 5.41) is 0. The van der Waals surface area contributed by atoms with E-state index in [2.05, 4.69) is 0 Å². The molecule has 0 aromatic carbocycles. The smallest absolute Gasteiger partial charge is 2.00 e. The second-order valence-corrected chi connectivity index (χ2v) is 1.54. The normalized spacial score (nSPS) is 7.38. The van der Waals surface area contributed by atoms with E-state index in [1.54, 1.807) is 0 Å². The van der Waals surface area contributed by atoms with E-state index in [-0.39, 0.29) is 66.3 Å². The summed E-state index contributed by atoms with van der Waals surface area (Å²) in [6, 6.07) is 0. The molecule has 0 saturated heterocycles. The van der Waals surface area contributed by atoms with E-state index in [4.69, 9.17) is 19.2 Å². The van der Waals surface area contributed by atoms with Gasteiger partial charge in [-0.05, 0) is 0 Å². The second-order valence-electron chi connectivity index (χ2n) is 0.513. The summed E-state index contributed by atoms with van der Waals surface area (Å²) in [5.41, 5.74) is 0. The fourth-order valence-electron chi connectivity index (χ4n) is 0. The average Bonchev–Trinajstić information content (AvgIpc) is 0.722. The molecule has 8 heteroatoms. The quantitative estimate of drug-likeness (QED) is 0.300. The van der Waals surface area contributed by atoms with Crippen LogP contribution in [0.2, 0.25) is 0 Å². The molecular formula is H3CaMgO5P+2. The fraction of sp³-hybridized carbons (Fsp3) is 0. The zero-order valence-electron chi connectivity index (χ0n) is 4.02. The van der Waals surface area contributed by atoms with Crippen LogP contribution >= 0.6 is 7.82 Å². The maximum atomic E-state index is 8.88. The van der Waals surface area contributed by atoms with Crippen LogP contribution in [-0.2, 0) is 10.0 Å². The molecular weight excluding hydrogens is 175 g/mol. The molecule has 8 heavy (non-hydrogen) atoms. The summed E-state index contributed by atoms with van der Waals surface area (Å²) in [4.78, 5) is 21.6. The molecule has 0 radical (unpaired) electrons. The van der Waals surface area contributed by atoms with Gasteiger partial charge in [-0.25, -0.2) is 4.57 Å². The van der Waals surface area contributed by atoms with Gasteiger partial charge in [0.2, 0.25) is 0 Å². The fourth-order valence-corrected chi connectivity index (χ4v) is 0. The van der Waals surface area contributed by atoms with E-state index in [0.717, 1.165) is 0 Å². The minimum absolute atomic E-state index is 0. The van der Waals surface area contributed by atoms with Crippen molar-refractivity contribution in [2.75, 3.05) is 0 Å². The second kappa shape index (κ2) is 9.10. The van der Waals surface area contributed by atoms with Crippen LogP contribution in [0.15, 0.2) is 0 Å². The van der Waals surface area contributed by atoms with Gasteiger partial charge in [0.15, 0.2) is 0 Å². The number of phosphoric acid groups is 1. The van der Waals surface area contributed by atoms with E-state index in [1.807, 2.05) is 0 Å². The Hall–Kier alpha value is 2.10. The van der Waals surface area contributed by atoms with E-state index < -0.39 is 7.82 Å². The van der Waals surface area contributed by atoms with Crippen molar-refractivity contribution in [2.24, 2.45) is 0 Å². The molecule has 0 fully saturated rings. The molecule has 0 saturated carbocycles. The van der Waals surface area contributed by atoms with Crippen LogP contribution in [0, 0.1) is 0 Å². The molecule has 0 unspecified atom stereocenters. The van der Waals surface area contributed by atoms with Gasteiger partial charge in [0, 0.05) is 0 Å². The van der Waals surface area contributed by atoms with Crippen LogP contribution in [0.25, 0.3) is 0 Å². The molecule has 40 valence electrons. The molecule has 0 aliphatic carbocycles. The first-order chi connectivity index (χ1) is 2.00. The zero-order valence-corrected chi connectivity index (χ0v) is 8.54. The van der Waals surface area contributed by atoms with Crippen molar-refractivity contribution in [3.63, 3.8) is 0 Å². The molecule has 3 N–H and O–H groups in total. The molecule has 0 aliphatic heterocycles. The van der Waals surface area contributed by atoms with Crippen molar-refractivity contribution < 1.29 is 24.7 Å². The Morgan fingerprint density at radius 2 is 1.12 bits per heavy atom. The Bertz CT molecular complexity index is 58.6. The summed E-state index contributed by atoms with van der Waals surface area (Å²) in [6.45, 7) is 0. The summed E-state index contributed by atoms with van der Waals surface area (Å²) < 4.78 is 8.88.